The van der Waals surface area contributed by atoms with E-state index in [0.717, 1.165) is 12.1 Å². The Morgan fingerprint density at radius 2 is 1.65 bits per heavy atom. The topological polar surface area (TPSA) is 38.0 Å². The third-order valence-corrected chi connectivity index (χ3v) is 3.14. The Labute approximate surface area is 123 Å². The number of benzene rings is 2. The van der Waals surface area contributed by atoms with E-state index in [9.17, 15) is 13.2 Å². The Bertz CT molecular complexity index is 642. The first-order valence-electron chi connectivity index (χ1n) is 5.46. The Morgan fingerprint density at radius 1 is 0.950 bits per heavy atom. The highest BCUT2D eigenvalue weighted by molar-refractivity contribution is 6.33. The van der Waals surface area contributed by atoms with E-state index >= 15 is 0 Å². The summed E-state index contributed by atoms with van der Waals surface area (Å²) in [6.07, 6.45) is -4.44. The first-order valence-corrected chi connectivity index (χ1v) is 6.22. The fourth-order valence-electron chi connectivity index (χ4n) is 1.58. The zero-order valence-electron chi connectivity index (χ0n) is 9.93. The van der Waals surface area contributed by atoms with E-state index in [2.05, 4.69) is 5.32 Å². The summed E-state index contributed by atoms with van der Waals surface area (Å²) >= 11 is 11.7. The lowest BCUT2D eigenvalue weighted by atomic mass is 10.2. The van der Waals surface area contributed by atoms with Crippen LogP contribution in [-0.2, 0) is 6.18 Å². The highest BCUT2D eigenvalue weighted by Gasteiger charge is 2.31. The molecule has 0 heterocycles. The van der Waals surface area contributed by atoms with Gasteiger partial charge in [-0.05, 0) is 36.4 Å². The second kappa shape index (κ2) is 5.42. The monoisotopic (exact) mass is 320 g/mol. The van der Waals surface area contributed by atoms with Crippen LogP contribution in [0.3, 0.4) is 0 Å². The lowest BCUT2D eigenvalue weighted by Crippen LogP contribution is -2.06. The average Bonchev–Trinajstić information content (AvgIpc) is 2.35. The highest BCUT2D eigenvalue weighted by Crippen LogP contribution is 2.36. The molecule has 0 saturated carbocycles. The fraction of sp³-hybridized carbons (Fsp3) is 0.0769. The number of halogens is 5. The lowest BCUT2D eigenvalue weighted by molar-refractivity contribution is -0.137. The van der Waals surface area contributed by atoms with Crippen LogP contribution in [0.1, 0.15) is 5.56 Å². The first-order chi connectivity index (χ1) is 9.27. The molecule has 2 aromatic carbocycles. The molecule has 106 valence electrons. The number of rotatable bonds is 2. The maximum Gasteiger partial charge on any atom is 0.416 e. The Balaban J connectivity index is 2.40. The van der Waals surface area contributed by atoms with Crippen molar-refractivity contribution in [3.8, 4) is 0 Å². The summed E-state index contributed by atoms with van der Waals surface area (Å²) < 4.78 is 38.0. The largest absolute Gasteiger partial charge is 0.416 e. The van der Waals surface area contributed by atoms with Gasteiger partial charge in [-0.25, -0.2) is 0 Å². The summed E-state index contributed by atoms with van der Waals surface area (Å²) in [6.45, 7) is 0. The van der Waals surface area contributed by atoms with Crippen LogP contribution in [0.4, 0.5) is 30.2 Å². The van der Waals surface area contributed by atoms with Gasteiger partial charge in [0.25, 0.3) is 0 Å². The summed E-state index contributed by atoms with van der Waals surface area (Å²) in [5, 5.41) is 3.31. The minimum absolute atomic E-state index is 0.107. The van der Waals surface area contributed by atoms with E-state index < -0.39 is 11.7 Å². The Hall–Kier alpha value is -1.59. The second-order valence-electron chi connectivity index (χ2n) is 4.05. The normalized spacial score (nSPS) is 11.4. The maximum absolute atomic E-state index is 12.7. The predicted octanol–water partition coefficient (Wildman–Crippen LogP) is 5.34. The molecule has 0 bridgehead atoms. The standard InChI is InChI=1S/C13H9Cl2F3N2/c14-8-2-4-10(19)12(6-8)20-11-5-7(13(16,17)18)1-3-9(11)15/h1-6,20H,19H2. The van der Waals surface area contributed by atoms with Gasteiger partial charge in [0.05, 0.1) is 27.6 Å². The molecule has 3 N–H and O–H groups in total. The van der Waals surface area contributed by atoms with Gasteiger partial charge >= 0.3 is 6.18 Å². The number of alkyl halides is 3. The zero-order chi connectivity index (χ0) is 14.9. The quantitative estimate of drug-likeness (QED) is 0.733. The highest BCUT2D eigenvalue weighted by atomic mass is 35.5. The van der Waals surface area contributed by atoms with Crippen LogP contribution in [0.25, 0.3) is 0 Å². The molecule has 2 nitrogen and oxygen atoms in total. The van der Waals surface area contributed by atoms with Crippen LogP contribution in [0.5, 0.6) is 0 Å². The van der Waals surface area contributed by atoms with Crippen LogP contribution in [-0.4, -0.2) is 0 Å². The van der Waals surface area contributed by atoms with Crippen molar-refractivity contribution in [3.05, 3.63) is 52.0 Å². The third kappa shape index (κ3) is 3.29. The molecule has 7 heteroatoms. The number of nitrogens with two attached hydrogens (primary N) is 1. The number of anilines is 3. The molecule has 2 rings (SSSR count). The summed E-state index contributed by atoms with van der Waals surface area (Å²) in [5.41, 5.74) is 5.77. The van der Waals surface area contributed by atoms with Gasteiger partial charge in [-0.2, -0.15) is 13.2 Å². The molecule has 0 fully saturated rings. The number of nitrogens with one attached hydrogen (secondary N) is 1. The smallest absolute Gasteiger partial charge is 0.397 e. The zero-order valence-corrected chi connectivity index (χ0v) is 11.4. The molecular weight excluding hydrogens is 312 g/mol. The molecule has 2 aromatic rings. The van der Waals surface area contributed by atoms with E-state index in [1.165, 1.54) is 12.1 Å². The van der Waals surface area contributed by atoms with E-state index in [-0.39, 0.29) is 10.7 Å². The minimum atomic E-state index is -4.44. The van der Waals surface area contributed by atoms with Gasteiger partial charge in [-0.15, -0.1) is 0 Å². The van der Waals surface area contributed by atoms with Crippen LogP contribution in [0, 0.1) is 0 Å². The second-order valence-corrected chi connectivity index (χ2v) is 4.89. The van der Waals surface area contributed by atoms with Crippen molar-refractivity contribution in [1.29, 1.82) is 0 Å². The van der Waals surface area contributed by atoms with Crippen LogP contribution in [0.2, 0.25) is 10.0 Å². The molecule has 0 spiro atoms. The molecule has 0 radical (unpaired) electrons. The molecule has 0 unspecified atom stereocenters. The van der Waals surface area contributed by atoms with Crippen molar-refractivity contribution in [2.24, 2.45) is 0 Å². The molecular formula is C13H9Cl2F3N2. The maximum atomic E-state index is 12.7. The predicted molar refractivity (Wildman–Crippen MR) is 75.6 cm³/mol. The van der Waals surface area contributed by atoms with E-state index in [0.29, 0.717) is 16.4 Å². The van der Waals surface area contributed by atoms with Gasteiger partial charge in [-0.1, -0.05) is 23.2 Å². The molecule has 0 atom stereocenters. The summed E-state index contributed by atoms with van der Waals surface area (Å²) in [5.74, 6) is 0. The Kier molecular flexibility index (Phi) is 4.01. The Morgan fingerprint density at radius 3 is 2.30 bits per heavy atom. The minimum Gasteiger partial charge on any atom is -0.397 e. The fourth-order valence-corrected chi connectivity index (χ4v) is 1.92. The van der Waals surface area contributed by atoms with Gasteiger partial charge < -0.3 is 11.1 Å². The molecule has 0 aromatic heterocycles. The van der Waals surface area contributed by atoms with Gasteiger partial charge in [0, 0.05) is 5.02 Å². The van der Waals surface area contributed by atoms with Crippen molar-refractivity contribution in [2.45, 2.75) is 6.18 Å². The van der Waals surface area contributed by atoms with Gasteiger partial charge in [0.1, 0.15) is 0 Å². The van der Waals surface area contributed by atoms with Crippen LogP contribution >= 0.6 is 23.2 Å². The van der Waals surface area contributed by atoms with Crippen molar-refractivity contribution < 1.29 is 13.2 Å². The van der Waals surface area contributed by atoms with E-state index in [1.807, 2.05) is 0 Å². The van der Waals surface area contributed by atoms with E-state index in [1.54, 1.807) is 12.1 Å². The number of hydrogen-bond acceptors (Lipinski definition) is 2. The number of nitrogen functional groups attached to an aromatic ring is 1. The SMILES string of the molecule is Nc1ccc(Cl)cc1Nc1cc(C(F)(F)F)ccc1Cl. The molecule has 0 aliphatic heterocycles. The third-order valence-electron chi connectivity index (χ3n) is 2.58. The summed E-state index contributed by atoms with van der Waals surface area (Å²) in [6, 6.07) is 7.64. The first kappa shape index (κ1) is 14.8. The van der Waals surface area contributed by atoms with Crippen molar-refractivity contribution >= 4 is 40.3 Å². The van der Waals surface area contributed by atoms with Gasteiger partial charge in [0.15, 0.2) is 0 Å². The number of hydrogen-bond donors (Lipinski definition) is 2. The molecule has 0 amide bonds. The van der Waals surface area contributed by atoms with Crippen LogP contribution < -0.4 is 11.1 Å². The van der Waals surface area contributed by atoms with E-state index in [4.69, 9.17) is 28.9 Å². The van der Waals surface area contributed by atoms with Crippen molar-refractivity contribution in [2.75, 3.05) is 11.1 Å². The molecule has 0 aliphatic rings. The lowest BCUT2D eigenvalue weighted by Gasteiger charge is -2.14. The van der Waals surface area contributed by atoms with Crippen molar-refractivity contribution in [3.63, 3.8) is 0 Å². The van der Waals surface area contributed by atoms with Gasteiger partial charge in [0.2, 0.25) is 0 Å². The van der Waals surface area contributed by atoms with Gasteiger partial charge in [-0.3, -0.25) is 0 Å². The summed E-state index contributed by atoms with van der Waals surface area (Å²) in [4.78, 5) is 0. The van der Waals surface area contributed by atoms with Crippen LogP contribution in [0.15, 0.2) is 36.4 Å². The van der Waals surface area contributed by atoms with Crippen molar-refractivity contribution in [1.82, 2.24) is 0 Å². The summed E-state index contributed by atoms with van der Waals surface area (Å²) in [7, 11) is 0. The molecule has 0 aliphatic carbocycles. The molecule has 20 heavy (non-hydrogen) atoms. The molecule has 0 saturated heterocycles. The average molecular weight is 321 g/mol.